The summed E-state index contributed by atoms with van der Waals surface area (Å²) in [5.74, 6) is 0.271. The van der Waals surface area contributed by atoms with Crippen molar-refractivity contribution in [1.82, 2.24) is 20.2 Å². The number of anilines is 1. The zero-order chi connectivity index (χ0) is 27.1. The lowest BCUT2D eigenvalue weighted by molar-refractivity contribution is -0.142. The average Bonchev–Trinajstić information content (AvgIpc) is 3.58. The van der Waals surface area contributed by atoms with E-state index in [1.807, 2.05) is 24.3 Å². The largest absolute Gasteiger partial charge is 0.433 e. The third-order valence-electron chi connectivity index (χ3n) is 5.32. The van der Waals surface area contributed by atoms with Crippen LogP contribution in [-0.4, -0.2) is 51.7 Å². The van der Waals surface area contributed by atoms with E-state index in [9.17, 15) is 18.0 Å². The van der Waals surface area contributed by atoms with Crippen LogP contribution in [0.4, 0.5) is 18.9 Å². The molecule has 2 heterocycles. The zero-order valence-corrected chi connectivity index (χ0v) is 22.0. The molecule has 0 unspecified atom stereocenters. The molecule has 0 bridgehead atoms. The van der Waals surface area contributed by atoms with E-state index in [4.69, 9.17) is 23.2 Å². The summed E-state index contributed by atoms with van der Waals surface area (Å²) in [5, 5.41) is 9.28. The minimum absolute atomic E-state index is 0.0832. The molecule has 1 N–H and O–H groups in total. The van der Waals surface area contributed by atoms with Gasteiger partial charge >= 0.3 is 6.18 Å². The minimum Gasteiger partial charge on any atom is -0.369 e. The Morgan fingerprint density at radius 3 is 2.39 bits per heavy atom. The normalized spacial score (nSPS) is 11.7. The van der Waals surface area contributed by atoms with Gasteiger partial charge in [-0.25, -0.2) is 15.1 Å². The van der Waals surface area contributed by atoms with Crippen molar-refractivity contribution in [1.29, 1.82) is 0 Å². The lowest BCUT2D eigenvalue weighted by Gasteiger charge is -2.22. The molecule has 13 heteroatoms. The minimum atomic E-state index is -4.67. The number of alkyl halides is 5. The second-order valence-corrected chi connectivity index (χ2v) is 9.45. The molecule has 4 aromatic rings. The van der Waals surface area contributed by atoms with E-state index in [1.54, 1.807) is 30.3 Å². The van der Waals surface area contributed by atoms with Gasteiger partial charge in [-0.2, -0.15) is 23.4 Å². The van der Waals surface area contributed by atoms with Crippen molar-refractivity contribution in [2.75, 3.05) is 29.7 Å². The first kappa shape index (κ1) is 27.6. The summed E-state index contributed by atoms with van der Waals surface area (Å²) >= 11 is 12.6. The number of nitrogens with zero attached hydrogens (tertiary/aromatic N) is 5. The molecule has 0 saturated carbocycles. The van der Waals surface area contributed by atoms with Crippen LogP contribution in [-0.2, 0) is 6.18 Å². The lowest BCUT2D eigenvalue weighted by Crippen LogP contribution is -2.27. The van der Waals surface area contributed by atoms with Gasteiger partial charge in [0.25, 0.3) is 5.91 Å². The van der Waals surface area contributed by atoms with Crippen LogP contribution in [0.1, 0.15) is 21.7 Å². The van der Waals surface area contributed by atoms with Gasteiger partial charge in [0, 0.05) is 41.5 Å². The summed E-state index contributed by atoms with van der Waals surface area (Å²) in [7, 11) is 0. The van der Waals surface area contributed by atoms with Crippen molar-refractivity contribution in [2.24, 2.45) is 5.10 Å². The van der Waals surface area contributed by atoms with E-state index in [1.165, 1.54) is 11.6 Å². The van der Waals surface area contributed by atoms with Crippen molar-refractivity contribution in [3.63, 3.8) is 0 Å². The topological polar surface area (TPSA) is 75.4 Å². The molecule has 1 amide bonds. The predicted molar refractivity (Wildman–Crippen MR) is 145 cm³/mol. The van der Waals surface area contributed by atoms with Gasteiger partial charge in [0.15, 0.2) is 5.69 Å². The van der Waals surface area contributed by atoms with E-state index < -0.39 is 17.8 Å². The van der Waals surface area contributed by atoms with Gasteiger partial charge in [-0.3, -0.25) is 4.79 Å². The van der Waals surface area contributed by atoms with Gasteiger partial charge in [0.05, 0.1) is 11.9 Å². The first-order valence-electron chi connectivity index (χ1n) is 11.3. The molecule has 0 aliphatic rings. The highest BCUT2D eigenvalue weighted by atomic mass is 35.5. The number of carbonyl (C=O) groups excluding carboxylic acids is 1. The SMILES string of the molecule is O=C(N/N=C/c1ccc(N(CCCl)CCCl)cc1)c1csc(-n2nc(-c3ccccc3)cc2C(F)(F)F)n1. The number of nitrogens with one attached hydrogen (secondary N) is 1. The molecule has 4 rings (SSSR count). The Balaban J connectivity index is 1.46. The van der Waals surface area contributed by atoms with Crippen LogP contribution in [0.3, 0.4) is 0 Å². The fraction of sp³-hybridized carbons (Fsp3) is 0.200. The second kappa shape index (κ2) is 12.4. The van der Waals surface area contributed by atoms with E-state index in [-0.39, 0.29) is 16.5 Å². The van der Waals surface area contributed by atoms with Crippen LogP contribution in [0, 0.1) is 0 Å². The van der Waals surface area contributed by atoms with Crippen LogP contribution < -0.4 is 10.3 Å². The zero-order valence-electron chi connectivity index (χ0n) is 19.7. The number of amides is 1. The van der Waals surface area contributed by atoms with Gasteiger partial charge in [0.2, 0.25) is 5.13 Å². The lowest BCUT2D eigenvalue weighted by atomic mass is 10.1. The molecule has 0 spiro atoms. The summed E-state index contributed by atoms with van der Waals surface area (Å²) < 4.78 is 41.8. The molecule has 7 nitrogen and oxygen atoms in total. The number of hydrazone groups is 1. The maximum absolute atomic E-state index is 13.7. The molecule has 38 heavy (non-hydrogen) atoms. The molecular weight excluding hydrogens is 560 g/mol. The Kier molecular flexibility index (Phi) is 9.03. The quantitative estimate of drug-likeness (QED) is 0.140. The van der Waals surface area contributed by atoms with Crippen LogP contribution >= 0.6 is 34.5 Å². The number of rotatable bonds is 10. The van der Waals surface area contributed by atoms with Gasteiger partial charge < -0.3 is 4.90 Å². The number of aromatic nitrogens is 3. The predicted octanol–water partition coefficient (Wildman–Crippen LogP) is 6.06. The van der Waals surface area contributed by atoms with Crippen molar-refractivity contribution >= 4 is 52.3 Å². The van der Waals surface area contributed by atoms with Gasteiger partial charge in [-0.1, -0.05) is 42.5 Å². The van der Waals surface area contributed by atoms with Crippen LogP contribution in [0.2, 0.25) is 0 Å². The van der Waals surface area contributed by atoms with Crippen molar-refractivity contribution in [2.45, 2.75) is 6.18 Å². The first-order valence-corrected chi connectivity index (χ1v) is 13.2. The van der Waals surface area contributed by atoms with Crippen molar-refractivity contribution in [3.8, 4) is 16.4 Å². The summed E-state index contributed by atoms with van der Waals surface area (Å²) in [6.45, 7) is 1.31. The van der Waals surface area contributed by atoms with Crippen molar-refractivity contribution < 1.29 is 18.0 Å². The van der Waals surface area contributed by atoms with Gasteiger partial charge in [0.1, 0.15) is 5.69 Å². The molecule has 2 aromatic carbocycles. The highest BCUT2D eigenvalue weighted by molar-refractivity contribution is 7.12. The molecule has 0 saturated heterocycles. The summed E-state index contributed by atoms with van der Waals surface area (Å²) in [5.41, 5.74) is 3.62. The van der Waals surface area contributed by atoms with Gasteiger partial charge in [-0.15, -0.1) is 34.5 Å². The highest BCUT2D eigenvalue weighted by Crippen LogP contribution is 2.34. The molecule has 0 aliphatic carbocycles. The van der Waals surface area contributed by atoms with Crippen molar-refractivity contribution in [3.05, 3.63) is 83.0 Å². The number of hydrogen-bond acceptors (Lipinski definition) is 6. The molecular formula is C25H21Cl2F3N6OS. The Morgan fingerprint density at radius 1 is 1.08 bits per heavy atom. The van der Waals surface area contributed by atoms with E-state index >= 15 is 0 Å². The van der Waals surface area contributed by atoms with E-state index in [0.717, 1.165) is 28.7 Å². The summed E-state index contributed by atoms with van der Waals surface area (Å²) in [4.78, 5) is 18.6. The highest BCUT2D eigenvalue weighted by Gasteiger charge is 2.37. The number of hydrogen-bond donors (Lipinski definition) is 1. The molecule has 198 valence electrons. The molecule has 0 aliphatic heterocycles. The number of benzene rings is 2. The first-order chi connectivity index (χ1) is 18.3. The van der Waals surface area contributed by atoms with Crippen LogP contribution in [0.15, 0.2) is 71.1 Å². The molecule has 0 atom stereocenters. The second-order valence-electron chi connectivity index (χ2n) is 7.86. The van der Waals surface area contributed by atoms with Crippen LogP contribution in [0.25, 0.3) is 16.4 Å². The van der Waals surface area contributed by atoms with E-state index in [2.05, 4.69) is 25.5 Å². The summed E-state index contributed by atoms with van der Waals surface area (Å²) in [6.07, 6.45) is -3.22. The number of halogens is 5. The molecule has 2 aromatic heterocycles. The fourth-order valence-corrected chi connectivity index (χ4v) is 4.69. The molecule has 0 radical (unpaired) electrons. The Hall–Kier alpha value is -3.41. The smallest absolute Gasteiger partial charge is 0.369 e. The third kappa shape index (κ3) is 6.72. The fourth-order valence-electron chi connectivity index (χ4n) is 3.51. The van der Waals surface area contributed by atoms with Crippen LogP contribution in [0.5, 0.6) is 0 Å². The number of thiazole rings is 1. The summed E-state index contributed by atoms with van der Waals surface area (Å²) in [6, 6.07) is 16.9. The average molecular weight is 581 g/mol. The molecule has 0 fully saturated rings. The van der Waals surface area contributed by atoms with Gasteiger partial charge in [-0.05, 0) is 23.8 Å². The standard InChI is InChI=1S/C25H21Cl2F3N6OS/c26-10-12-35(13-11-27)19-8-6-17(7-9-19)15-31-33-23(37)21-16-38-24(32-21)36-22(25(28,29)30)14-20(34-36)18-4-2-1-3-5-18/h1-9,14-16H,10-13H2,(H,33,37)/b31-15+. The Labute approximate surface area is 230 Å². The Bertz CT molecular complexity index is 1380. The number of carbonyl (C=O) groups is 1. The third-order valence-corrected chi connectivity index (χ3v) is 6.48. The maximum atomic E-state index is 13.7. The van der Waals surface area contributed by atoms with E-state index in [0.29, 0.717) is 35.1 Å². The maximum Gasteiger partial charge on any atom is 0.433 e. The monoisotopic (exact) mass is 580 g/mol. The Morgan fingerprint density at radius 2 is 1.76 bits per heavy atom.